The van der Waals surface area contributed by atoms with Gasteiger partial charge in [0.2, 0.25) is 0 Å². The van der Waals surface area contributed by atoms with E-state index in [1.165, 1.54) is 12.1 Å². The lowest BCUT2D eigenvalue weighted by molar-refractivity contribution is 0.103. The molecule has 1 saturated carbocycles. The number of hydrogen-bond acceptors (Lipinski definition) is 3. The predicted molar refractivity (Wildman–Crippen MR) is 62.7 cm³/mol. The number of phenolic OH excluding ortho intramolecular Hbond substituents is 1. The number of aromatic hydroxyl groups is 1. The van der Waals surface area contributed by atoms with Gasteiger partial charge >= 0.3 is 0 Å². The smallest absolute Gasteiger partial charge is 0.192 e. The van der Waals surface area contributed by atoms with E-state index in [1.54, 1.807) is 24.3 Å². The molecule has 0 spiro atoms. The summed E-state index contributed by atoms with van der Waals surface area (Å²) >= 11 is 0. The molecule has 2 atom stereocenters. The van der Waals surface area contributed by atoms with Crippen molar-refractivity contribution in [3.8, 4) is 5.75 Å². The lowest BCUT2D eigenvalue weighted by Gasteiger charge is -2.10. The Morgan fingerprint density at radius 2 is 2.00 bits per heavy atom. The number of fused-ring (bicyclic) bond motifs is 1. The van der Waals surface area contributed by atoms with Gasteiger partial charge in [-0.25, -0.2) is 0 Å². The van der Waals surface area contributed by atoms with Gasteiger partial charge in [0.15, 0.2) is 5.78 Å². The van der Waals surface area contributed by atoms with Gasteiger partial charge in [0.05, 0.1) is 5.60 Å². The van der Waals surface area contributed by atoms with E-state index in [0.29, 0.717) is 17.6 Å². The summed E-state index contributed by atoms with van der Waals surface area (Å²) in [4.78, 5) is 12.1. The van der Waals surface area contributed by atoms with Crippen molar-refractivity contribution in [3.63, 3.8) is 0 Å². The van der Waals surface area contributed by atoms with E-state index in [-0.39, 0.29) is 17.5 Å². The molecule has 0 bridgehead atoms. The van der Waals surface area contributed by atoms with Gasteiger partial charge in [0.1, 0.15) is 5.75 Å². The van der Waals surface area contributed by atoms with Crippen LogP contribution in [0.3, 0.4) is 0 Å². The zero-order valence-electron chi connectivity index (χ0n) is 9.13. The Balaban J connectivity index is 1.87. The van der Waals surface area contributed by atoms with Gasteiger partial charge in [-0.2, -0.15) is 0 Å². The van der Waals surface area contributed by atoms with E-state index in [9.17, 15) is 9.90 Å². The third-order valence-electron chi connectivity index (χ3n) is 3.35. The van der Waals surface area contributed by atoms with Crippen LogP contribution in [0.2, 0.25) is 0 Å². The highest BCUT2D eigenvalue weighted by Crippen LogP contribution is 2.48. The number of allylic oxidation sites excluding steroid dienone is 2. The largest absolute Gasteiger partial charge is 0.508 e. The Hall–Kier alpha value is -1.87. The van der Waals surface area contributed by atoms with E-state index in [0.717, 1.165) is 0 Å². The summed E-state index contributed by atoms with van der Waals surface area (Å²) < 4.78 is 0. The van der Waals surface area contributed by atoms with Crippen LogP contribution in [-0.2, 0) is 0 Å². The van der Waals surface area contributed by atoms with E-state index < -0.39 is 5.60 Å². The minimum absolute atomic E-state index is 0.0739. The zero-order valence-corrected chi connectivity index (χ0v) is 9.13. The summed E-state index contributed by atoms with van der Waals surface area (Å²) in [6.07, 6.45) is 5.91. The number of carbonyl (C=O) groups is 1. The summed E-state index contributed by atoms with van der Waals surface area (Å²) in [7, 11) is 0. The first-order chi connectivity index (χ1) is 8.08. The van der Waals surface area contributed by atoms with Crippen LogP contribution in [0.5, 0.6) is 5.75 Å². The molecular formula is C14H12O3. The molecule has 0 saturated heterocycles. The van der Waals surface area contributed by atoms with Crippen LogP contribution < -0.4 is 0 Å². The maximum Gasteiger partial charge on any atom is 0.192 e. The van der Waals surface area contributed by atoms with Crippen LogP contribution in [0.4, 0.5) is 0 Å². The maximum atomic E-state index is 12.1. The maximum absolute atomic E-state index is 12.1. The highest BCUT2D eigenvalue weighted by atomic mass is 16.3. The van der Waals surface area contributed by atoms with E-state index in [2.05, 4.69) is 0 Å². The summed E-state index contributed by atoms with van der Waals surface area (Å²) in [5.74, 6) is 0.157. The van der Waals surface area contributed by atoms with Gasteiger partial charge in [-0.15, -0.1) is 0 Å². The van der Waals surface area contributed by atoms with Gasteiger partial charge < -0.3 is 10.2 Å². The Bertz CT molecular complexity index is 539. The summed E-state index contributed by atoms with van der Waals surface area (Å²) in [6, 6.07) is 6.18. The molecular weight excluding hydrogens is 216 g/mol. The quantitative estimate of drug-likeness (QED) is 0.759. The second-order valence-corrected chi connectivity index (χ2v) is 4.63. The second-order valence-electron chi connectivity index (χ2n) is 4.63. The number of phenols is 1. The standard InChI is InChI=1S/C14H12O3/c15-12-3-1-9(2-4-12)13(16)10-5-6-14(17)8-11(14)7-10/h1-7,11,15,17H,8H2. The van der Waals surface area contributed by atoms with Crippen molar-refractivity contribution < 1.29 is 15.0 Å². The molecule has 0 radical (unpaired) electrons. The Morgan fingerprint density at radius 1 is 1.29 bits per heavy atom. The third kappa shape index (κ3) is 1.68. The topological polar surface area (TPSA) is 57.5 Å². The van der Waals surface area contributed by atoms with Crippen molar-refractivity contribution in [2.75, 3.05) is 0 Å². The summed E-state index contributed by atoms with van der Waals surface area (Å²) in [6.45, 7) is 0. The molecule has 1 fully saturated rings. The van der Waals surface area contributed by atoms with Gasteiger partial charge in [-0.1, -0.05) is 18.2 Å². The minimum atomic E-state index is -0.696. The van der Waals surface area contributed by atoms with E-state index in [1.807, 2.05) is 6.08 Å². The van der Waals surface area contributed by atoms with Crippen molar-refractivity contribution in [1.29, 1.82) is 0 Å². The molecule has 0 aromatic heterocycles. The fraction of sp³-hybridized carbons (Fsp3) is 0.214. The molecule has 3 heteroatoms. The number of benzene rings is 1. The van der Waals surface area contributed by atoms with Crippen molar-refractivity contribution in [2.45, 2.75) is 12.0 Å². The van der Waals surface area contributed by atoms with E-state index in [4.69, 9.17) is 5.11 Å². The van der Waals surface area contributed by atoms with E-state index >= 15 is 0 Å². The Labute approximate surface area is 98.7 Å². The van der Waals surface area contributed by atoms with Gasteiger partial charge in [-0.05, 0) is 30.7 Å². The first kappa shape index (κ1) is 10.3. The minimum Gasteiger partial charge on any atom is -0.508 e. The normalized spacial score (nSPS) is 29.5. The van der Waals surface area contributed by atoms with Crippen LogP contribution in [0.1, 0.15) is 16.8 Å². The molecule has 1 aromatic rings. The van der Waals surface area contributed by atoms with Gasteiger partial charge in [0.25, 0.3) is 0 Å². The Morgan fingerprint density at radius 3 is 2.65 bits per heavy atom. The van der Waals surface area contributed by atoms with Crippen LogP contribution in [0.15, 0.2) is 48.1 Å². The first-order valence-corrected chi connectivity index (χ1v) is 5.56. The van der Waals surface area contributed by atoms with Crippen LogP contribution in [0.25, 0.3) is 0 Å². The van der Waals surface area contributed by atoms with Gasteiger partial charge in [-0.3, -0.25) is 4.79 Å². The monoisotopic (exact) mass is 228 g/mol. The number of hydrogen-bond donors (Lipinski definition) is 2. The highest BCUT2D eigenvalue weighted by Gasteiger charge is 2.51. The third-order valence-corrected chi connectivity index (χ3v) is 3.35. The number of aliphatic hydroxyl groups is 1. The molecule has 86 valence electrons. The average Bonchev–Trinajstić information content (AvgIpc) is 2.99. The van der Waals surface area contributed by atoms with Crippen molar-refractivity contribution in [3.05, 3.63) is 53.6 Å². The molecule has 0 aliphatic heterocycles. The number of Topliss-reactive ketones (excluding diaryl/α,β-unsaturated/α-hetero) is 1. The van der Waals surface area contributed by atoms with Crippen molar-refractivity contribution >= 4 is 5.78 Å². The number of carbonyl (C=O) groups excluding carboxylic acids is 1. The average molecular weight is 228 g/mol. The molecule has 0 heterocycles. The first-order valence-electron chi connectivity index (χ1n) is 5.56. The second kappa shape index (κ2) is 3.31. The van der Waals surface area contributed by atoms with Crippen LogP contribution >= 0.6 is 0 Å². The molecule has 2 aliphatic carbocycles. The number of rotatable bonds is 2. The van der Waals surface area contributed by atoms with Crippen molar-refractivity contribution in [2.24, 2.45) is 5.92 Å². The fourth-order valence-corrected chi connectivity index (χ4v) is 2.13. The lowest BCUT2D eigenvalue weighted by Crippen LogP contribution is -2.12. The number of ketones is 1. The fourth-order valence-electron chi connectivity index (χ4n) is 2.13. The Kier molecular flexibility index (Phi) is 2.00. The highest BCUT2D eigenvalue weighted by molar-refractivity contribution is 6.10. The lowest BCUT2D eigenvalue weighted by atomic mass is 9.97. The molecule has 2 unspecified atom stereocenters. The molecule has 2 N–H and O–H groups in total. The van der Waals surface area contributed by atoms with Gasteiger partial charge in [0, 0.05) is 17.1 Å². The van der Waals surface area contributed by atoms with Crippen LogP contribution in [0, 0.1) is 5.92 Å². The SMILES string of the molecule is O=C(C1=CC2CC2(O)C=C1)c1ccc(O)cc1. The molecule has 1 aromatic carbocycles. The molecule has 17 heavy (non-hydrogen) atoms. The molecule has 3 rings (SSSR count). The summed E-state index contributed by atoms with van der Waals surface area (Å²) in [5.41, 5.74) is 0.464. The predicted octanol–water partition coefficient (Wildman–Crippen LogP) is 1.82. The van der Waals surface area contributed by atoms with Crippen LogP contribution in [-0.4, -0.2) is 21.6 Å². The summed E-state index contributed by atoms with van der Waals surface area (Å²) in [5, 5.41) is 18.9. The zero-order chi connectivity index (χ0) is 12.0. The molecule has 3 nitrogen and oxygen atoms in total. The molecule has 0 amide bonds. The molecule has 2 aliphatic rings. The van der Waals surface area contributed by atoms with Crippen molar-refractivity contribution in [1.82, 2.24) is 0 Å².